The largest absolute Gasteiger partial charge is 0.352 e. The van der Waals surface area contributed by atoms with E-state index in [0.717, 1.165) is 27.4 Å². The van der Waals surface area contributed by atoms with Gasteiger partial charge in [0, 0.05) is 17.6 Å². The average Bonchev–Trinajstić information content (AvgIpc) is 2.93. The zero-order chi connectivity index (χ0) is 30.3. The smallest absolute Gasteiger partial charge is 0.264 e. The first-order valence-corrected chi connectivity index (χ1v) is 15.7. The Morgan fingerprint density at radius 3 is 2.15 bits per heavy atom. The second-order valence-corrected chi connectivity index (χ2v) is 12.7. The van der Waals surface area contributed by atoms with Gasteiger partial charge < -0.3 is 10.2 Å². The van der Waals surface area contributed by atoms with E-state index >= 15 is 0 Å². The summed E-state index contributed by atoms with van der Waals surface area (Å²) < 4.78 is 29.2. The number of sulfonamides is 1. The number of hydrogen-bond donors (Lipinski definition) is 1. The molecule has 0 heterocycles. The van der Waals surface area contributed by atoms with Gasteiger partial charge in [-0.1, -0.05) is 67.4 Å². The summed E-state index contributed by atoms with van der Waals surface area (Å²) in [5.74, 6) is -0.746. The van der Waals surface area contributed by atoms with E-state index in [1.165, 1.54) is 17.0 Å². The molecule has 3 rings (SSSR count). The molecule has 2 atom stereocenters. The van der Waals surface area contributed by atoms with Crippen LogP contribution in [0.4, 0.5) is 5.69 Å². The first kappa shape index (κ1) is 32.2. The van der Waals surface area contributed by atoms with Crippen LogP contribution in [0, 0.1) is 20.8 Å². The third-order valence-electron chi connectivity index (χ3n) is 7.30. The molecule has 0 saturated carbocycles. The standard InChI is InChI=1S/C32H40ClN3O4S/c1-7-25(6)34-32(38)29(8-2)35(20-26-12-10-9-11-23(26)4)31(37)21-36(30-18-15-27(33)19-24(30)5)41(39,40)28-16-13-22(3)14-17-28/h9-19,25,29H,7-8,20-21H2,1-6H3,(H,34,38)/t25-,29-/m0/s1. The van der Waals surface area contributed by atoms with Crippen molar-refractivity contribution in [2.45, 2.75) is 77.9 Å². The molecule has 41 heavy (non-hydrogen) atoms. The third kappa shape index (κ3) is 7.89. The fraction of sp³-hybridized carbons (Fsp3) is 0.375. The number of nitrogens with one attached hydrogen (secondary N) is 1. The molecule has 9 heteroatoms. The molecule has 0 unspecified atom stereocenters. The van der Waals surface area contributed by atoms with Gasteiger partial charge in [-0.2, -0.15) is 0 Å². The van der Waals surface area contributed by atoms with Crippen LogP contribution in [0.15, 0.2) is 71.6 Å². The Morgan fingerprint density at radius 2 is 1.56 bits per heavy atom. The number of carbonyl (C=O) groups is 2. The van der Waals surface area contributed by atoms with Gasteiger partial charge in [-0.25, -0.2) is 8.42 Å². The van der Waals surface area contributed by atoms with E-state index in [1.54, 1.807) is 37.3 Å². The van der Waals surface area contributed by atoms with Gasteiger partial charge in [0.05, 0.1) is 10.6 Å². The maximum atomic E-state index is 14.2. The molecule has 3 aromatic carbocycles. The Hall–Kier alpha value is -3.36. The number of anilines is 1. The van der Waals surface area contributed by atoms with Crippen LogP contribution in [0.2, 0.25) is 5.02 Å². The monoisotopic (exact) mass is 597 g/mol. The summed E-state index contributed by atoms with van der Waals surface area (Å²) in [6.45, 7) is 11.0. The lowest BCUT2D eigenvalue weighted by Gasteiger charge is -2.34. The minimum atomic E-state index is -4.15. The molecule has 0 fully saturated rings. The zero-order valence-electron chi connectivity index (χ0n) is 24.6. The molecule has 7 nitrogen and oxygen atoms in total. The third-order valence-corrected chi connectivity index (χ3v) is 9.31. The van der Waals surface area contributed by atoms with Crippen molar-refractivity contribution in [1.29, 1.82) is 0 Å². The summed E-state index contributed by atoms with van der Waals surface area (Å²) in [6, 6.07) is 18.2. The summed E-state index contributed by atoms with van der Waals surface area (Å²) in [5.41, 5.74) is 3.72. The number of hydrogen-bond acceptors (Lipinski definition) is 4. The Kier molecular flexibility index (Phi) is 11.0. The molecule has 0 aliphatic carbocycles. The van der Waals surface area contributed by atoms with E-state index in [-0.39, 0.29) is 23.4 Å². The van der Waals surface area contributed by atoms with Crippen molar-refractivity contribution in [3.8, 4) is 0 Å². The normalized spacial score (nSPS) is 12.9. The van der Waals surface area contributed by atoms with Gasteiger partial charge in [-0.3, -0.25) is 13.9 Å². The first-order valence-electron chi connectivity index (χ1n) is 13.9. The van der Waals surface area contributed by atoms with Gasteiger partial charge in [0.25, 0.3) is 10.0 Å². The summed E-state index contributed by atoms with van der Waals surface area (Å²) in [5, 5.41) is 3.46. The van der Waals surface area contributed by atoms with E-state index in [0.29, 0.717) is 22.7 Å². The summed E-state index contributed by atoms with van der Waals surface area (Å²) in [7, 11) is -4.15. The Morgan fingerprint density at radius 1 is 0.902 bits per heavy atom. The van der Waals surface area contributed by atoms with Gasteiger partial charge in [-0.05, 0) is 87.6 Å². The molecular weight excluding hydrogens is 558 g/mol. The van der Waals surface area contributed by atoms with Gasteiger partial charge >= 0.3 is 0 Å². The highest BCUT2D eigenvalue weighted by atomic mass is 35.5. The summed E-state index contributed by atoms with van der Waals surface area (Å²) in [6.07, 6.45) is 1.11. The SMILES string of the molecule is CC[C@H](C)NC(=O)[C@H](CC)N(Cc1ccccc1C)C(=O)CN(c1ccc(Cl)cc1C)S(=O)(=O)c1ccc(C)cc1. The fourth-order valence-corrected chi connectivity index (χ4v) is 6.29. The maximum Gasteiger partial charge on any atom is 0.264 e. The molecule has 2 amide bonds. The summed E-state index contributed by atoms with van der Waals surface area (Å²) in [4.78, 5) is 29.2. The number of carbonyl (C=O) groups excluding carboxylic acids is 2. The molecule has 0 aromatic heterocycles. The topological polar surface area (TPSA) is 86.8 Å². The molecule has 0 spiro atoms. The number of amides is 2. The lowest BCUT2D eigenvalue weighted by Crippen LogP contribution is -2.53. The molecular formula is C32H40ClN3O4S. The van der Waals surface area contributed by atoms with E-state index in [1.807, 2.05) is 58.9 Å². The minimum Gasteiger partial charge on any atom is -0.352 e. The fourth-order valence-electron chi connectivity index (χ4n) is 4.58. The number of rotatable bonds is 12. The number of aryl methyl sites for hydroxylation is 3. The molecule has 220 valence electrons. The Balaban J connectivity index is 2.10. The van der Waals surface area contributed by atoms with Crippen LogP contribution in [0.1, 0.15) is 55.9 Å². The van der Waals surface area contributed by atoms with Crippen molar-refractivity contribution in [3.05, 3.63) is 94.0 Å². The highest BCUT2D eigenvalue weighted by molar-refractivity contribution is 7.92. The second kappa shape index (κ2) is 14.0. The maximum absolute atomic E-state index is 14.2. The highest BCUT2D eigenvalue weighted by Gasteiger charge is 2.34. The predicted octanol–water partition coefficient (Wildman–Crippen LogP) is 6.18. The van der Waals surface area contributed by atoms with E-state index < -0.39 is 28.5 Å². The molecule has 1 N–H and O–H groups in total. The summed E-state index contributed by atoms with van der Waals surface area (Å²) >= 11 is 6.19. The average molecular weight is 598 g/mol. The van der Waals surface area contributed by atoms with E-state index in [4.69, 9.17) is 11.6 Å². The predicted molar refractivity (Wildman–Crippen MR) is 166 cm³/mol. The van der Waals surface area contributed by atoms with Crippen molar-refractivity contribution >= 4 is 39.1 Å². The lowest BCUT2D eigenvalue weighted by molar-refractivity contribution is -0.140. The quantitative estimate of drug-likeness (QED) is 0.270. The van der Waals surface area contributed by atoms with Crippen molar-refractivity contribution in [1.82, 2.24) is 10.2 Å². The highest BCUT2D eigenvalue weighted by Crippen LogP contribution is 2.30. The molecule has 3 aromatic rings. The van der Waals surface area contributed by atoms with Crippen LogP contribution in [0.25, 0.3) is 0 Å². The number of benzene rings is 3. The molecule has 0 aliphatic heterocycles. The lowest BCUT2D eigenvalue weighted by atomic mass is 10.1. The van der Waals surface area contributed by atoms with Crippen LogP contribution in [0.5, 0.6) is 0 Å². The van der Waals surface area contributed by atoms with E-state index in [2.05, 4.69) is 5.32 Å². The number of nitrogens with zero attached hydrogens (tertiary/aromatic N) is 2. The molecule has 0 aliphatic rings. The van der Waals surface area contributed by atoms with Crippen molar-refractivity contribution in [2.75, 3.05) is 10.8 Å². The van der Waals surface area contributed by atoms with Gasteiger partial charge in [-0.15, -0.1) is 0 Å². The van der Waals surface area contributed by atoms with Crippen molar-refractivity contribution < 1.29 is 18.0 Å². The van der Waals surface area contributed by atoms with Crippen molar-refractivity contribution in [2.24, 2.45) is 0 Å². The minimum absolute atomic E-state index is 0.0669. The van der Waals surface area contributed by atoms with Crippen LogP contribution in [-0.2, 0) is 26.2 Å². The molecule has 0 radical (unpaired) electrons. The molecule has 0 bridgehead atoms. The Bertz CT molecular complexity index is 1470. The molecule has 0 saturated heterocycles. The van der Waals surface area contributed by atoms with Crippen LogP contribution in [-0.4, -0.2) is 43.8 Å². The second-order valence-electron chi connectivity index (χ2n) is 10.4. The van der Waals surface area contributed by atoms with Crippen LogP contribution < -0.4 is 9.62 Å². The number of halogens is 1. The van der Waals surface area contributed by atoms with Gasteiger partial charge in [0.15, 0.2) is 0 Å². The van der Waals surface area contributed by atoms with Crippen LogP contribution in [0.3, 0.4) is 0 Å². The van der Waals surface area contributed by atoms with E-state index in [9.17, 15) is 18.0 Å². The Labute approximate surface area is 249 Å². The van der Waals surface area contributed by atoms with Gasteiger partial charge in [0.1, 0.15) is 12.6 Å². The first-order chi connectivity index (χ1) is 19.4. The van der Waals surface area contributed by atoms with Gasteiger partial charge in [0.2, 0.25) is 11.8 Å². The van der Waals surface area contributed by atoms with Crippen LogP contribution >= 0.6 is 11.6 Å². The zero-order valence-corrected chi connectivity index (χ0v) is 26.2. The van der Waals surface area contributed by atoms with Crippen molar-refractivity contribution in [3.63, 3.8) is 0 Å².